The van der Waals surface area contributed by atoms with E-state index < -0.39 is 0 Å². The van der Waals surface area contributed by atoms with Crippen LogP contribution in [0.15, 0.2) is 48.5 Å². The highest BCUT2D eigenvalue weighted by Crippen LogP contribution is 2.24. The number of aromatic nitrogens is 1. The van der Waals surface area contributed by atoms with Gasteiger partial charge in [0.05, 0.1) is 13.0 Å². The molecule has 3 rings (SSSR count). The number of benzene rings is 2. The zero-order chi connectivity index (χ0) is 17.8. The van der Waals surface area contributed by atoms with E-state index in [9.17, 15) is 4.79 Å². The van der Waals surface area contributed by atoms with Crippen LogP contribution in [0, 0.1) is 20.8 Å². The van der Waals surface area contributed by atoms with Crippen LogP contribution in [0.5, 0.6) is 11.5 Å². The van der Waals surface area contributed by atoms with E-state index in [0.717, 1.165) is 28.0 Å². The molecule has 1 heterocycles. The number of fused-ring (bicyclic) bond motifs is 1. The molecule has 0 bridgehead atoms. The van der Waals surface area contributed by atoms with Gasteiger partial charge in [-0.25, -0.2) is 4.98 Å². The molecule has 0 unspecified atom stereocenters. The maximum Gasteiger partial charge on any atom is 0.314 e. The molecular weight excluding hydrogens is 314 g/mol. The molecule has 0 spiro atoms. The highest BCUT2D eigenvalue weighted by atomic mass is 16.5. The first-order chi connectivity index (χ1) is 12.0. The van der Waals surface area contributed by atoms with Crippen LogP contribution in [0.25, 0.3) is 10.9 Å². The number of ether oxygens (including phenoxy) is 2. The van der Waals surface area contributed by atoms with Crippen molar-refractivity contribution in [2.45, 2.75) is 27.2 Å². The molecule has 2 aromatic carbocycles. The Balaban J connectivity index is 1.63. The normalized spacial score (nSPS) is 10.7. The standard InChI is InChI=1S/C21H21NO3/c1-14-7-8-15(2)19(13-14)24-12-11-20(23)25-18-6-4-5-17-10-9-16(3)22-21(17)18/h4-10,13H,11-12H2,1-3H3. The lowest BCUT2D eigenvalue weighted by atomic mass is 10.1. The zero-order valence-electron chi connectivity index (χ0n) is 14.7. The topological polar surface area (TPSA) is 48.4 Å². The number of hydrogen-bond donors (Lipinski definition) is 0. The van der Waals surface area contributed by atoms with Crippen LogP contribution >= 0.6 is 0 Å². The van der Waals surface area contributed by atoms with Crippen molar-refractivity contribution in [3.8, 4) is 11.5 Å². The summed E-state index contributed by atoms with van der Waals surface area (Å²) >= 11 is 0. The Morgan fingerprint density at radius 1 is 1.00 bits per heavy atom. The summed E-state index contributed by atoms with van der Waals surface area (Å²) in [7, 11) is 0. The Morgan fingerprint density at radius 2 is 1.84 bits per heavy atom. The second kappa shape index (κ2) is 7.34. The Kier molecular flexibility index (Phi) is 4.98. The smallest absolute Gasteiger partial charge is 0.314 e. The monoisotopic (exact) mass is 335 g/mol. The van der Waals surface area contributed by atoms with E-state index in [2.05, 4.69) is 4.98 Å². The van der Waals surface area contributed by atoms with Crippen LogP contribution in [0.1, 0.15) is 23.2 Å². The Labute approximate surface area is 147 Å². The maximum absolute atomic E-state index is 12.2. The van der Waals surface area contributed by atoms with Gasteiger partial charge in [-0.1, -0.05) is 30.3 Å². The third-order valence-corrected chi connectivity index (χ3v) is 3.95. The first-order valence-corrected chi connectivity index (χ1v) is 8.30. The molecule has 0 aliphatic heterocycles. The van der Waals surface area contributed by atoms with Crippen LogP contribution in [0.4, 0.5) is 0 Å². The molecule has 0 radical (unpaired) electrons. The summed E-state index contributed by atoms with van der Waals surface area (Å²) in [5, 5.41) is 0.947. The summed E-state index contributed by atoms with van der Waals surface area (Å²) in [6, 6.07) is 15.5. The van der Waals surface area contributed by atoms with Crippen molar-refractivity contribution in [3.05, 3.63) is 65.4 Å². The van der Waals surface area contributed by atoms with E-state index >= 15 is 0 Å². The number of pyridine rings is 1. The van der Waals surface area contributed by atoms with Gasteiger partial charge in [0.25, 0.3) is 0 Å². The minimum Gasteiger partial charge on any atom is -0.493 e. The van der Waals surface area contributed by atoms with E-state index in [1.54, 1.807) is 6.07 Å². The molecule has 0 saturated heterocycles. The molecule has 0 saturated carbocycles. The molecule has 0 aliphatic rings. The third-order valence-electron chi connectivity index (χ3n) is 3.95. The molecule has 1 aromatic heterocycles. The predicted molar refractivity (Wildman–Crippen MR) is 98.1 cm³/mol. The summed E-state index contributed by atoms with van der Waals surface area (Å²) in [5.41, 5.74) is 3.76. The number of carbonyl (C=O) groups excluding carboxylic acids is 1. The van der Waals surface area contributed by atoms with Crippen LogP contribution in [0.3, 0.4) is 0 Å². The van der Waals surface area contributed by atoms with Crippen LogP contribution in [-0.2, 0) is 4.79 Å². The Morgan fingerprint density at radius 3 is 2.68 bits per heavy atom. The van der Waals surface area contributed by atoms with Gasteiger partial charge >= 0.3 is 5.97 Å². The zero-order valence-corrected chi connectivity index (χ0v) is 14.7. The molecule has 4 heteroatoms. The second-order valence-electron chi connectivity index (χ2n) is 6.12. The van der Waals surface area contributed by atoms with Crippen molar-refractivity contribution >= 4 is 16.9 Å². The van der Waals surface area contributed by atoms with E-state index in [1.807, 2.05) is 63.2 Å². The van der Waals surface area contributed by atoms with Gasteiger partial charge < -0.3 is 9.47 Å². The predicted octanol–water partition coefficient (Wildman–Crippen LogP) is 4.53. The SMILES string of the molecule is Cc1ccc(C)c(OCCC(=O)Oc2cccc3ccc(C)nc23)c1. The average molecular weight is 335 g/mol. The molecule has 4 nitrogen and oxygen atoms in total. The van der Waals surface area contributed by atoms with Gasteiger partial charge in [-0.3, -0.25) is 4.79 Å². The summed E-state index contributed by atoms with van der Waals surface area (Å²) in [4.78, 5) is 16.6. The Hall–Kier alpha value is -2.88. The fraction of sp³-hybridized carbons (Fsp3) is 0.238. The van der Waals surface area contributed by atoms with E-state index in [1.165, 1.54) is 0 Å². The van der Waals surface area contributed by atoms with Crippen molar-refractivity contribution in [2.75, 3.05) is 6.61 Å². The van der Waals surface area contributed by atoms with Gasteiger partial charge in [0, 0.05) is 11.1 Å². The summed E-state index contributed by atoms with van der Waals surface area (Å²) in [6.07, 6.45) is 0.176. The molecule has 25 heavy (non-hydrogen) atoms. The molecule has 0 atom stereocenters. The quantitative estimate of drug-likeness (QED) is 0.507. The van der Waals surface area contributed by atoms with E-state index in [-0.39, 0.29) is 19.0 Å². The van der Waals surface area contributed by atoms with Crippen molar-refractivity contribution < 1.29 is 14.3 Å². The van der Waals surface area contributed by atoms with Crippen LogP contribution in [0.2, 0.25) is 0 Å². The lowest BCUT2D eigenvalue weighted by Gasteiger charge is -2.10. The number of para-hydroxylation sites is 1. The number of rotatable bonds is 5. The lowest BCUT2D eigenvalue weighted by Crippen LogP contribution is -2.13. The van der Waals surface area contributed by atoms with Gasteiger partial charge in [0.15, 0.2) is 5.75 Å². The largest absolute Gasteiger partial charge is 0.493 e. The number of hydrogen-bond acceptors (Lipinski definition) is 4. The molecule has 0 fully saturated rings. The number of aryl methyl sites for hydroxylation is 3. The molecule has 0 aliphatic carbocycles. The number of nitrogens with zero attached hydrogens (tertiary/aromatic N) is 1. The molecule has 0 N–H and O–H groups in total. The summed E-state index contributed by atoms with van der Waals surface area (Å²) in [5.74, 6) is 0.953. The molecular formula is C21H21NO3. The van der Waals surface area contributed by atoms with Crippen molar-refractivity contribution in [1.82, 2.24) is 4.98 Å². The molecule has 3 aromatic rings. The highest BCUT2D eigenvalue weighted by Gasteiger charge is 2.10. The first-order valence-electron chi connectivity index (χ1n) is 8.30. The van der Waals surface area contributed by atoms with Crippen LogP contribution < -0.4 is 9.47 Å². The fourth-order valence-electron chi connectivity index (χ4n) is 2.58. The van der Waals surface area contributed by atoms with Gasteiger partial charge in [-0.05, 0) is 50.1 Å². The molecule has 128 valence electrons. The van der Waals surface area contributed by atoms with Crippen molar-refractivity contribution in [2.24, 2.45) is 0 Å². The first kappa shape index (κ1) is 17.0. The van der Waals surface area contributed by atoms with Gasteiger partial charge in [-0.15, -0.1) is 0 Å². The fourth-order valence-corrected chi connectivity index (χ4v) is 2.58. The summed E-state index contributed by atoms with van der Waals surface area (Å²) in [6.45, 7) is 6.18. The van der Waals surface area contributed by atoms with E-state index in [4.69, 9.17) is 9.47 Å². The van der Waals surface area contributed by atoms with Crippen molar-refractivity contribution in [1.29, 1.82) is 0 Å². The number of esters is 1. The number of carbonyl (C=O) groups is 1. The van der Waals surface area contributed by atoms with Crippen LogP contribution in [-0.4, -0.2) is 17.6 Å². The second-order valence-corrected chi connectivity index (χ2v) is 6.12. The van der Waals surface area contributed by atoms with Gasteiger partial charge in [0.2, 0.25) is 0 Å². The minimum atomic E-state index is -0.332. The van der Waals surface area contributed by atoms with Gasteiger partial charge in [0.1, 0.15) is 11.3 Å². The third kappa shape index (κ3) is 4.15. The van der Waals surface area contributed by atoms with Crippen molar-refractivity contribution in [3.63, 3.8) is 0 Å². The highest BCUT2D eigenvalue weighted by molar-refractivity contribution is 5.87. The summed E-state index contributed by atoms with van der Waals surface area (Å²) < 4.78 is 11.2. The van der Waals surface area contributed by atoms with Gasteiger partial charge in [-0.2, -0.15) is 0 Å². The minimum absolute atomic E-state index is 0.176. The van der Waals surface area contributed by atoms with E-state index in [0.29, 0.717) is 11.3 Å². The average Bonchev–Trinajstić information content (AvgIpc) is 2.58. The maximum atomic E-state index is 12.2. The Bertz CT molecular complexity index is 918. The lowest BCUT2D eigenvalue weighted by molar-refractivity contribution is -0.134. The molecule has 0 amide bonds.